The molecule has 4 unspecified atom stereocenters. The summed E-state index contributed by atoms with van der Waals surface area (Å²) in [6.45, 7) is -2.65. The lowest BCUT2D eigenvalue weighted by Crippen LogP contribution is -2.53. The van der Waals surface area contributed by atoms with Gasteiger partial charge in [-0.3, -0.25) is 19.4 Å². The number of rotatable bonds is 18. The van der Waals surface area contributed by atoms with Crippen molar-refractivity contribution in [3.8, 4) is 0 Å². The predicted octanol–water partition coefficient (Wildman–Crippen LogP) is -6.73. The first kappa shape index (κ1) is 35.6. The van der Waals surface area contributed by atoms with Crippen LogP contribution in [0.15, 0.2) is 0 Å². The average molecular weight is 521 g/mol. The summed E-state index contributed by atoms with van der Waals surface area (Å²) in [5, 5.41) is 108. The van der Waals surface area contributed by atoms with Gasteiger partial charge in [0.2, 0.25) is 0 Å². The smallest absolute Gasteiger partial charge is 0.323 e. The Bertz CT molecular complexity index is 546. The maximum Gasteiger partial charge on any atom is 0.323 e. The molecule has 0 saturated carbocycles. The lowest BCUT2D eigenvalue weighted by Gasteiger charge is -2.32. The van der Waals surface area contributed by atoms with Crippen LogP contribution in [0, 0.1) is 0 Å². The zero-order valence-corrected chi connectivity index (χ0v) is 19.5. The van der Waals surface area contributed by atoms with Crippen molar-refractivity contribution in [3.63, 3.8) is 0 Å². The van der Waals surface area contributed by atoms with Gasteiger partial charge in [0.1, 0.15) is 12.1 Å². The number of nitrogens with zero attached hydrogens (tertiary/aromatic N) is 2. The van der Waals surface area contributed by atoms with Crippen molar-refractivity contribution in [3.05, 3.63) is 0 Å². The van der Waals surface area contributed by atoms with Crippen LogP contribution in [-0.4, -0.2) is 185 Å². The maximum absolute atomic E-state index is 11.0. The Hall–Kier alpha value is -1.54. The van der Waals surface area contributed by atoms with E-state index in [0.717, 1.165) is 9.80 Å². The van der Waals surface area contributed by atoms with Crippen LogP contribution in [0.3, 0.4) is 0 Å². The van der Waals surface area contributed by atoms with Gasteiger partial charge in [0, 0.05) is 26.2 Å². The van der Waals surface area contributed by atoms with Crippen LogP contribution in [0.2, 0.25) is 0 Å². The molecule has 0 fully saturated rings. The molecular formula is C19H40N2O14. The fourth-order valence-electron chi connectivity index (χ4n) is 2.96. The number of aliphatic hydroxyl groups excluding tert-OH is 10. The van der Waals surface area contributed by atoms with Crippen LogP contribution >= 0.6 is 0 Å². The minimum Gasteiger partial charge on any atom is -0.480 e. The zero-order chi connectivity index (χ0) is 27.7. The van der Waals surface area contributed by atoms with Gasteiger partial charge < -0.3 is 61.3 Å². The number of hydrogen-bond donors (Lipinski definition) is 12. The van der Waals surface area contributed by atoms with E-state index in [9.17, 15) is 35.1 Å². The van der Waals surface area contributed by atoms with Crippen molar-refractivity contribution >= 4 is 11.9 Å². The van der Waals surface area contributed by atoms with E-state index in [0.29, 0.717) is 0 Å². The van der Waals surface area contributed by atoms with Gasteiger partial charge in [-0.15, -0.1) is 0 Å². The molecule has 0 radical (unpaired) electrons. The summed E-state index contributed by atoms with van der Waals surface area (Å²) in [6, 6.07) is -2.65. The lowest BCUT2D eigenvalue weighted by molar-refractivity contribution is -0.149. The molecule has 0 rings (SSSR count). The highest BCUT2D eigenvalue weighted by atomic mass is 16.4. The molecule has 0 saturated heterocycles. The summed E-state index contributed by atoms with van der Waals surface area (Å²) in [7, 11) is 0. The van der Waals surface area contributed by atoms with Gasteiger partial charge in [-0.2, -0.15) is 0 Å². The van der Waals surface area contributed by atoms with Crippen molar-refractivity contribution in [2.75, 3.05) is 59.2 Å². The minimum absolute atomic E-state index is 0.231. The fourth-order valence-corrected chi connectivity index (χ4v) is 2.96. The molecule has 16 nitrogen and oxygen atoms in total. The number of carboxylic acids is 2. The SMILES string of the molecule is C[C@@H](O)[C@@H](C(=O)O)N(CC(O)CO)CC(O)CO.O=C(O)[C@H](CO)N(CC(O)CO)CC(O)CO. The van der Waals surface area contributed by atoms with Crippen LogP contribution in [0.1, 0.15) is 6.92 Å². The predicted molar refractivity (Wildman–Crippen MR) is 117 cm³/mol. The summed E-state index contributed by atoms with van der Waals surface area (Å²) in [5.41, 5.74) is 0. The zero-order valence-electron chi connectivity index (χ0n) is 19.5. The van der Waals surface area contributed by atoms with Crippen molar-refractivity contribution in [2.24, 2.45) is 0 Å². The molecule has 0 aromatic carbocycles. The maximum atomic E-state index is 11.0. The summed E-state index contributed by atoms with van der Waals surface area (Å²) in [4.78, 5) is 24.0. The highest BCUT2D eigenvalue weighted by Gasteiger charge is 2.32. The second kappa shape index (κ2) is 19.6. The van der Waals surface area contributed by atoms with E-state index in [-0.39, 0.29) is 26.2 Å². The molecule has 0 aromatic heterocycles. The standard InChI is InChI=1S/C10H21NO7.C9H19NO7/c1-6(14)9(10(17)18)11(2-7(15)4-12)3-8(16)5-13;11-3-6(14)1-10(2-7(15)4-12)8(5-13)9(16)17/h6-9,12-16H,2-5H2,1H3,(H,17,18);6-8,11-15H,1-5H2,(H,16,17)/t6-,7?,8?,9+;6?,7?,8-/m10/s1. The normalized spacial score (nSPS) is 17.6. The molecule has 0 bridgehead atoms. The van der Waals surface area contributed by atoms with Gasteiger partial charge >= 0.3 is 11.9 Å². The van der Waals surface area contributed by atoms with Crippen LogP contribution < -0.4 is 0 Å². The quantitative estimate of drug-likeness (QED) is 0.0799. The second-order valence-corrected chi connectivity index (χ2v) is 7.81. The van der Waals surface area contributed by atoms with Crippen molar-refractivity contribution in [1.29, 1.82) is 0 Å². The highest BCUT2D eigenvalue weighted by Crippen LogP contribution is 2.08. The second-order valence-electron chi connectivity index (χ2n) is 7.81. The van der Waals surface area contributed by atoms with Gasteiger partial charge in [-0.05, 0) is 6.92 Å². The van der Waals surface area contributed by atoms with Crippen molar-refractivity contribution < 1.29 is 70.9 Å². The topological polar surface area (TPSA) is 283 Å². The van der Waals surface area contributed by atoms with E-state index < -0.39 is 87.6 Å². The summed E-state index contributed by atoms with van der Waals surface area (Å²) < 4.78 is 0. The summed E-state index contributed by atoms with van der Waals surface area (Å²) in [5.74, 6) is -2.64. The van der Waals surface area contributed by atoms with E-state index in [1.54, 1.807) is 0 Å². The van der Waals surface area contributed by atoms with Gasteiger partial charge in [-0.1, -0.05) is 0 Å². The molecule has 0 aliphatic rings. The first-order valence-electron chi connectivity index (χ1n) is 10.7. The first-order valence-corrected chi connectivity index (χ1v) is 10.7. The summed E-state index contributed by atoms with van der Waals surface area (Å²) in [6.07, 6.45) is -6.00. The number of aliphatic carboxylic acids is 2. The molecular weight excluding hydrogens is 480 g/mol. The van der Waals surface area contributed by atoms with E-state index in [1.807, 2.05) is 0 Å². The van der Waals surface area contributed by atoms with E-state index in [1.165, 1.54) is 6.92 Å². The van der Waals surface area contributed by atoms with E-state index in [2.05, 4.69) is 0 Å². The Morgan fingerprint density at radius 3 is 1.09 bits per heavy atom. The van der Waals surface area contributed by atoms with E-state index >= 15 is 0 Å². The molecule has 16 heteroatoms. The number of hydrogen-bond acceptors (Lipinski definition) is 14. The molecule has 35 heavy (non-hydrogen) atoms. The fraction of sp³-hybridized carbons (Fsp3) is 0.895. The van der Waals surface area contributed by atoms with Crippen LogP contribution in [0.25, 0.3) is 0 Å². The molecule has 0 spiro atoms. The van der Waals surface area contributed by atoms with Gasteiger partial charge in [-0.25, -0.2) is 0 Å². The highest BCUT2D eigenvalue weighted by molar-refractivity contribution is 5.74. The third kappa shape index (κ3) is 15.2. The minimum atomic E-state index is -1.34. The van der Waals surface area contributed by atoms with Crippen LogP contribution in [-0.2, 0) is 9.59 Å². The van der Waals surface area contributed by atoms with Gasteiger partial charge in [0.25, 0.3) is 0 Å². The third-order valence-electron chi connectivity index (χ3n) is 4.63. The molecule has 0 amide bonds. The Balaban J connectivity index is 0. The third-order valence-corrected chi connectivity index (χ3v) is 4.63. The first-order chi connectivity index (χ1) is 16.3. The van der Waals surface area contributed by atoms with Crippen molar-refractivity contribution in [2.45, 2.75) is 49.5 Å². The largest absolute Gasteiger partial charge is 0.480 e. The molecule has 210 valence electrons. The van der Waals surface area contributed by atoms with Crippen LogP contribution in [0.5, 0.6) is 0 Å². The van der Waals surface area contributed by atoms with Gasteiger partial charge in [0.05, 0.1) is 63.6 Å². The average Bonchev–Trinajstić information content (AvgIpc) is 2.78. The molecule has 0 aromatic rings. The Morgan fingerprint density at radius 1 is 0.571 bits per heavy atom. The summed E-state index contributed by atoms with van der Waals surface area (Å²) >= 11 is 0. The Kier molecular flexibility index (Phi) is 20.0. The molecule has 0 heterocycles. The monoisotopic (exact) mass is 520 g/mol. The van der Waals surface area contributed by atoms with Crippen LogP contribution in [0.4, 0.5) is 0 Å². The number of carbonyl (C=O) groups is 2. The molecule has 0 aliphatic carbocycles. The lowest BCUT2D eigenvalue weighted by atomic mass is 10.1. The molecule has 0 aliphatic heterocycles. The molecule has 7 atom stereocenters. The molecule has 12 N–H and O–H groups in total. The van der Waals surface area contributed by atoms with E-state index in [4.69, 9.17) is 35.7 Å². The number of carboxylic acid groups (broad SMARTS) is 2. The van der Waals surface area contributed by atoms with Crippen molar-refractivity contribution in [1.82, 2.24) is 9.80 Å². The Morgan fingerprint density at radius 2 is 0.886 bits per heavy atom. The van der Waals surface area contributed by atoms with Gasteiger partial charge in [0.15, 0.2) is 0 Å². The Labute approximate surface area is 202 Å². The number of aliphatic hydroxyl groups is 10.